The van der Waals surface area contributed by atoms with Gasteiger partial charge in [-0.1, -0.05) is 39.0 Å². The Hall–Kier alpha value is -2.21. The van der Waals surface area contributed by atoms with E-state index in [1.165, 1.54) is 16.2 Å². The summed E-state index contributed by atoms with van der Waals surface area (Å²) in [6, 6.07) is 5.85. The number of aromatic nitrogens is 1. The topological polar surface area (TPSA) is 62.3 Å². The third-order valence-corrected chi connectivity index (χ3v) is 5.24. The summed E-state index contributed by atoms with van der Waals surface area (Å²) in [6.45, 7) is 10.1. The molecule has 1 N–H and O–H groups in total. The molecule has 25 heavy (non-hydrogen) atoms. The summed E-state index contributed by atoms with van der Waals surface area (Å²) in [5.74, 6) is -0.404. The minimum Gasteiger partial charge on any atom is -0.332 e. The number of benzene rings is 1. The molecule has 0 spiro atoms. The van der Waals surface area contributed by atoms with Gasteiger partial charge in [-0.3, -0.25) is 9.59 Å². The molecule has 0 saturated heterocycles. The van der Waals surface area contributed by atoms with Gasteiger partial charge in [0.15, 0.2) is 0 Å². The van der Waals surface area contributed by atoms with E-state index in [1.54, 1.807) is 13.2 Å². The monoisotopic (exact) mass is 359 g/mol. The summed E-state index contributed by atoms with van der Waals surface area (Å²) in [4.78, 5) is 31.1. The van der Waals surface area contributed by atoms with E-state index >= 15 is 0 Å². The molecule has 1 aromatic carbocycles. The zero-order valence-corrected chi connectivity index (χ0v) is 16.5. The molecule has 0 aliphatic carbocycles. The number of anilines is 1. The first kappa shape index (κ1) is 19.1. The van der Waals surface area contributed by atoms with E-state index in [9.17, 15) is 9.59 Å². The number of aryl methyl sites for hydroxylation is 2. The van der Waals surface area contributed by atoms with Crippen LogP contribution in [0.3, 0.4) is 0 Å². The van der Waals surface area contributed by atoms with E-state index in [2.05, 4.69) is 31.1 Å². The number of hydrogen-bond acceptors (Lipinski definition) is 4. The number of likely N-dealkylation sites (N-methyl/N-ethyl adjacent to an activating group) is 1. The molecular weight excluding hydrogens is 334 g/mol. The Labute approximate surface area is 153 Å². The Morgan fingerprint density at radius 1 is 1.20 bits per heavy atom. The molecule has 0 saturated carbocycles. The zero-order chi connectivity index (χ0) is 18.8. The van der Waals surface area contributed by atoms with Gasteiger partial charge in [-0.15, -0.1) is 11.3 Å². The van der Waals surface area contributed by atoms with Crippen molar-refractivity contribution in [1.82, 2.24) is 9.88 Å². The van der Waals surface area contributed by atoms with Crippen molar-refractivity contribution in [3.8, 4) is 0 Å². The lowest BCUT2D eigenvalue weighted by Crippen LogP contribution is -2.34. The molecule has 0 aliphatic rings. The van der Waals surface area contributed by atoms with E-state index < -0.39 is 0 Å². The summed E-state index contributed by atoms with van der Waals surface area (Å²) in [7, 11) is 1.63. The van der Waals surface area contributed by atoms with Crippen molar-refractivity contribution in [3.05, 3.63) is 45.4 Å². The molecule has 0 radical (unpaired) electrons. The Morgan fingerprint density at radius 2 is 1.80 bits per heavy atom. The molecule has 0 unspecified atom stereocenters. The van der Waals surface area contributed by atoms with Gasteiger partial charge >= 0.3 is 0 Å². The van der Waals surface area contributed by atoms with E-state index in [1.807, 2.05) is 32.0 Å². The van der Waals surface area contributed by atoms with Gasteiger partial charge in [-0.25, -0.2) is 4.98 Å². The fourth-order valence-corrected chi connectivity index (χ4v) is 3.35. The molecule has 134 valence electrons. The first-order chi connectivity index (χ1) is 11.6. The van der Waals surface area contributed by atoms with E-state index in [-0.39, 0.29) is 23.8 Å². The van der Waals surface area contributed by atoms with Crippen LogP contribution in [0.5, 0.6) is 0 Å². The summed E-state index contributed by atoms with van der Waals surface area (Å²) in [5.41, 5.74) is 2.71. The fraction of sp³-hybridized carbons (Fsp3) is 0.421. The highest BCUT2D eigenvalue weighted by atomic mass is 32.1. The van der Waals surface area contributed by atoms with Gasteiger partial charge in [0.25, 0.3) is 5.91 Å². The quantitative estimate of drug-likeness (QED) is 0.904. The predicted octanol–water partition coefficient (Wildman–Crippen LogP) is 3.77. The average molecular weight is 359 g/mol. The lowest BCUT2D eigenvalue weighted by atomic mass is 9.98. The van der Waals surface area contributed by atoms with E-state index in [4.69, 9.17) is 0 Å². The van der Waals surface area contributed by atoms with Crippen molar-refractivity contribution in [2.24, 2.45) is 0 Å². The number of carbonyl (C=O) groups excluding carboxylic acids is 2. The zero-order valence-electron chi connectivity index (χ0n) is 15.6. The van der Waals surface area contributed by atoms with Crippen molar-refractivity contribution in [3.63, 3.8) is 0 Å². The average Bonchev–Trinajstić information content (AvgIpc) is 3.00. The van der Waals surface area contributed by atoms with Crippen LogP contribution in [0, 0.1) is 13.8 Å². The van der Waals surface area contributed by atoms with Crippen LogP contribution in [-0.4, -0.2) is 35.3 Å². The Morgan fingerprint density at radius 3 is 2.32 bits per heavy atom. The van der Waals surface area contributed by atoms with E-state index in [0.29, 0.717) is 4.88 Å². The highest BCUT2D eigenvalue weighted by Gasteiger charge is 2.23. The summed E-state index contributed by atoms with van der Waals surface area (Å²) >= 11 is 1.38. The molecule has 0 fully saturated rings. The van der Waals surface area contributed by atoms with Gasteiger partial charge < -0.3 is 10.2 Å². The number of rotatable bonds is 4. The number of nitrogens with one attached hydrogen (secondary N) is 1. The molecule has 5 nitrogen and oxygen atoms in total. The van der Waals surface area contributed by atoms with Crippen LogP contribution in [-0.2, 0) is 10.2 Å². The molecule has 0 aliphatic heterocycles. The van der Waals surface area contributed by atoms with Gasteiger partial charge in [0.2, 0.25) is 5.91 Å². The summed E-state index contributed by atoms with van der Waals surface area (Å²) in [5, 5.41) is 3.81. The number of carbonyl (C=O) groups is 2. The minimum atomic E-state index is -0.214. The molecule has 0 bridgehead atoms. The second kappa shape index (κ2) is 7.35. The Kier molecular flexibility index (Phi) is 5.62. The van der Waals surface area contributed by atoms with Crippen molar-refractivity contribution >= 4 is 28.8 Å². The number of para-hydroxylation sites is 1. The van der Waals surface area contributed by atoms with Gasteiger partial charge in [-0.05, 0) is 25.0 Å². The summed E-state index contributed by atoms with van der Waals surface area (Å²) in [6.07, 6.45) is 1.59. The third kappa shape index (κ3) is 4.66. The summed E-state index contributed by atoms with van der Waals surface area (Å²) < 4.78 is 0. The molecule has 1 aromatic heterocycles. The van der Waals surface area contributed by atoms with Crippen LogP contribution in [0.1, 0.15) is 46.6 Å². The van der Waals surface area contributed by atoms with Crippen LogP contribution >= 0.6 is 11.3 Å². The maximum absolute atomic E-state index is 12.5. The number of hydrogen-bond donors (Lipinski definition) is 1. The SMILES string of the molecule is Cc1cccc(C)c1NC(=O)CN(C)C(=O)c1cnc(C(C)(C)C)s1. The minimum absolute atomic E-state index is 0.00460. The third-order valence-electron chi connectivity index (χ3n) is 3.83. The van der Waals surface area contributed by atoms with Crippen LogP contribution < -0.4 is 5.32 Å². The van der Waals surface area contributed by atoms with Crippen LogP contribution in [0.2, 0.25) is 0 Å². The Balaban J connectivity index is 2.03. The van der Waals surface area contributed by atoms with Crippen molar-refractivity contribution < 1.29 is 9.59 Å². The van der Waals surface area contributed by atoms with Gasteiger partial charge in [0, 0.05) is 18.2 Å². The van der Waals surface area contributed by atoms with Crippen molar-refractivity contribution in [1.29, 1.82) is 0 Å². The first-order valence-corrected chi connectivity index (χ1v) is 8.99. The van der Waals surface area contributed by atoms with Crippen molar-refractivity contribution in [2.75, 3.05) is 18.9 Å². The molecule has 0 atom stereocenters. The largest absolute Gasteiger partial charge is 0.332 e. The molecule has 2 amide bonds. The highest BCUT2D eigenvalue weighted by molar-refractivity contribution is 7.13. The predicted molar refractivity (Wildman–Crippen MR) is 102 cm³/mol. The van der Waals surface area contributed by atoms with Crippen LogP contribution in [0.15, 0.2) is 24.4 Å². The second-order valence-corrected chi connectivity index (χ2v) is 8.29. The maximum atomic E-state index is 12.5. The van der Waals surface area contributed by atoms with Crippen LogP contribution in [0.25, 0.3) is 0 Å². The maximum Gasteiger partial charge on any atom is 0.265 e. The lowest BCUT2D eigenvalue weighted by molar-refractivity contribution is -0.116. The van der Waals surface area contributed by atoms with Crippen molar-refractivity contribution in [2.45, 2.75) is 40.0 Å². The van der Waals surface area contributed by atoms with Crippen LogP contribution in [0.4, 0.5) is 5.69 Å². The molecule has 1 heterocycles. The fourth-order valence-electron chi connectivity index (χ4n) is 2.39. The first-order valence-electron chi connectivity index (χ1n) is 8.17. The Bertz CT molecular complexity index is 770. The molecule has 2 rings (SSSR count). The van der Waals surface area contributed by atoms with Gasteiger partial charge in [0.05, 0.1) is 17.7 Å². The molecule has 6 heteroatoms. The highest BCUT2D eigenvalue weighted by Crippen LogP contribution is 2.27. The van der Waals surface area contributed by atoms with Gasteiger partial charge in [0.1, 0.15) is 4.88 Å². The lowest BCUT2D eigenvalue weighted by Gasteiger charge is -2.17. The number of thiazole rings is 1. The second-order valence-electron chi connectivity index (χ2n) is 7.26. The van der Waals surface area contributed by atoms with Gasteiger partial charge in [-0.2, -0.15) is 0 Å². The standard InChI is InChI=1S/C19H25N3O2S/c1-12-8-7-9-13(2)16(12)21-15(23)11-22(6)17(24)14-10-20-18(25-14)19(3,4)5/h7-10H,11H2,1-6H3,(H,21,23). The number of nitrogens with zero attached hydrogens (tertiary/aromatic N) is 2. The number of amides is 2. The molecular formula is C19H25N3O2S. The van der Waals surface area contributed by atoms with E-state index in [0.717, 1.165) is 21.8 Å². The smallest absolute Gasteiger partial charge is 0.265 e. The normalized spacial score (nSPS) is 11.3. The molecule has 2 aromatic rings.